The van der Waals surface area contributed by atoms with Crippen LogP contribution in [0.2, 0.25) is 0 Å². The zero-order valence-corrected chi connectivity index (χ0v) is 16.4. The number of hydrogen-bond donors (Lipinski definition) is 1. The standard InChI is InChI=1S/C20H18BrNO5/c1-26-18(24)20(19(25)27-2)15(12-6-4-3-5-7-12)16(20)17(23)22-14-10-8-13(21)9-11-14/h3-11,15-16H,1-2H3,(H,22,23)/t15-,16+/m1/s1. The molecule has 0 unspecified atom stereocenters. The van der Waals surface area contributed by atoms with E-state index in [0.717, 1.165) is 4.47 Å². The van der Waals surface area contributed by atoms with Crippen molar-refractivity contribution in [3.05, 3.63) is 64.6 Å². The van der Waals surface area contributed by atoms with Crippen LogP contribution in [0.5, 0.6) is 0 Å². The van der Waals surface area contributed by atoms with E-state index < -0.39 is 35.1 Å². The van der Waals surface area contributed by atoms with Gasteiger partial charge < -0.3 is 14.8 Å². The lowest BCUT2D eigenvalue weighted by Gasteiger charge is -2.13. The molecule has 2 aromatic carbocycles. The molecule has 0 radical (unpaired) electrons. The number of ether oxygens (including phenoxy) is 2. The number of carbonyl (C=O) groups is 3. The number of benzene rings is 2. The Morgan fingerprint density at radius 2 is 1.48 bits per heavy atom. The largest absolute Gasteiger partial charge is 0.468 e. The van der Waals surface area contributed by atoms with Gasteiger partial charge in [-0.1, -0.05) is 46.3 Å². The van der Waals surface area contributed by atoms with E-state index in [9.17, 15) is 14.4 Å². The molecule has 1 aliphatic carbocycles. The number of rotatable bonds is 5. The topological polar surface area (TPSA) is 81.7 Å². The highest BCUT2D eigenvalue weighted by Crippen LogP contribution is 2.66. The number of amides is 1. The Labute approximate surface area is 165 Å². The van der Waals surface area contributed by atoms with Gasteiger partial charge in [0.15, 0.2) is 5.41 Å². The van der Waals surface area contributed by atoms with Crippen LogP contribution in [0.4, 0.5) is 5.69 Å². The lowest BCUT2D eigenvalue weighted by molar-refractivity contribution is -0.163. The van der Waals surface area contributed by atoms with E-state index in [1.807, 2.05) is 6.07 Å². The highest BCUT2D eigenvalue weighted by atomic mass is 79.9. The Balaban J connectivity index is 1.98. The maximum absolute atomic E-state index is 13.0. The van der Waals surface area contributed by atoms with Gasteiger partial charge in [0.05, 0.1) is 20.1 Å². The molecule has 0 spiro atoms. The second-order valence-corrected chi connectivity index (χ2v) is 7.13. The fourth-order valence-corrected chi connectivity index (χ4v) is 3.81. The van der Waals surface area contributed by atoms with Crippen molar-refractivity contribution in [1.29, 1.82) is 0 Å². The van der Waals surface area contributed by atoms with Crippen molar-refractivity contribution in [1.82, 2.24) is 0 Å². The van der Waals surface area contributed by atoms with E-state index in [0.29, 0.717) is 11.3 Å². The number of halogens is 1. The molecule has 2 aromatic rings. The molecule has 0 aliphatic heterocycles. The van der Waals surface area contributed by atoms with Gasteiger partial charge >= 0.3 is 11.9 Å². The van der Waals surface area contributed by atoms with E-state index >= 15 is 0 Å². The summed E-state index contributed by atoms with van der Waals surface area (Å²) in [4.78, 5) is 38.1. The first kappa shape index (κ1) is 19.1. The molecule has 1 saturated carbocycles. The molecule has 1 N–H and O–H groups in total. The highest BCUT2D eigenvalue weighted by molar-refractivity contribution is 9.10. The van der Waals surface area contributed by atoms with Crippen molar-refractivity contribution in [3.8, 4) is 0 Å². The van der Waals surface area contributed by atoms with Gasteiger partial charge in [-0.25, -0.2) is 0 Å². The average molecular weight is 432 g/mol. The Morgan fingerprint density at radius 1 is 0.926 bits per heavy atom. The lowest BCUT2D eigenvalue weighted by Crippen LogP contribution is -2.34. The summed E-state index contributed by atoms with van der Waals surface area (Å²) in [7, 11) is 2.38. The Kier molecular flexibility index (Phi) is 5.32. The van der Waals surface area contributed by atoms with Crippen molar-refractivity contribution in [3.63, 3.8) is 0 Å². The molecule has 2 atom stereocenters. The van der Waals surface area contributed by atoms with Crippen LogP contribution in [0.1, 0.15) is 11.5 Å². The van der Waals surface area contributed by atoms with E-state index in [1.54, 1.807) is 48.5 Å². The molecular weight excluding hydrogens is 414 g/mol. The molecular formula is C20H18BrNO5. The molecule has 0 aromatic heterocycles. The second kappa shape index (κ2) is 7.52. The number of anilines is 1. The monoisotopic (exact) mass is 431 g/mol. The number of carbonyl (C=O) groups excluding carboxylic acids is 3. The highest BCUT2D eigenvalue weighted by Gasteiger charge is 2.79. The average Bonchev–Trinajstić information content (AvgIpc) is 3.40. The van der Waals surface area contributed by atoms with Crippen molar-refractivity contribution in [2.24, 2.45) is 11.3 Å². The Hall–Kier alpha value is -2.67. The van der Waals surface area contributed by atoms with Gasteiger partial charge in [-0.2, -0.15) is 0 Å². The smallest absolute Gasteiger partial charge is 0.324 e. The summed E-state index contributed by atoms with van der Waals surface area (Å²) in [6.45, 7) is 0. The number of hydrogen-bond acceptors (Lipinski definition) is 5. The van der Waals surface area contributed by atoms with Gasteiger partial charge in [0.2, 0.25) is 5.91 Å². The molecule has 1 amide bonds. The molecule has 0 heterocycles. The van der Waals surface area contributed by atoms with Crippen molar-refractivity contribution >= 4 is 39.5 Å². The first-order valence-electron chi connectivity index (χ1n) is 8.25. The third-order valence-electron chi connectivity index (χ3n) is 4.80. The van der Waals surface area contributed by atoms with Crippen LogP contribution in [0.25, 0.3) is 0 Å². The predicted octanol–water partition coefficient (Wildman–Crippen LogP) is 3.13. The molecule has 0 bridgehead atoms. The quantitative estimate of drug-likeness (QED) is 0.580. The fourth-order valence-electron chi connectivity index (χ4n) is 3.54. The van der Waals surface area contributed by atoms with E-state index in [2.05, 4.69) is 21.2 Å². The zero-order valence-electron chi connectivity index (χ0n) is 14.8. The molecule has 1 aliphatic rings. The van der Waals surface area contributed by atoms with E-state index in [-0.39, 0.29) is 0 Å². The molecule has 140 valence electrons. The van der Waals surface area contributed by atoms with Crippen LogP contribution < -0.4 is 5.32 Å². The third kappa shape index (κ3) is 3.23. The zero-order chi connectivity index (χ0) is 19.6. The minimum atomic E-state index is -1.69. The minimum absolute atomic E-state index is 0.443. The lowest BCUT2D eigenvalue weighted by atomic mass is 9.98. The third-order valence-corrected chi connectivity index (χ3v) is 5.33. The van der Waals surface area contributed by atoms with Crippen LogP contribution >= 0.6 is 15.9 Å². The Morgan fingerprint density at radius 3 is 2.00 bits per heavy atom. The molecule has 6 nitrogen and oxygen atoms in total. The van der Waals surface area contributed by atoms with Gasteiger partial charge in [-0.3, -0.25) is 14.4 Å². The number of methoxy groups -OCH3 is 2. The summed E-state index contributed by atoms with van der Waals surface area (Å²) < 4.78 is 10.6. The first-order chi connectivity index (χ1) is 13.0. The molecule has 1 fully saturated rings. The van der Waals surface area contributed by atoms with Crippen LogP contribution in [0.15, 0.2) is 59.1 Å². The van der Waals surface area contributed by atoms with Gasteiger partial charge in [-0.05, 0) is 29.8 Å². The molecule has 0 saturated heterocycles. The second-order valence-electron chi connectivity index (χ2n) is 6.21. The normalized spacial score (nSPS) is 19.7. The maximum Gasteiger partial charge on any atom is 0.324 e. The Bertz CT molecular complexity index is 850. The van der Waals surface area contributed by atoms with Crippen molar-refractivity contribution in [2.45, 2.75) is 5.92 Å². The number of esters is 2. The summed E-state index contributed by atoms with van der Waals surface area (Å²) in [5.74, 6) is -3.59. The minimum Gasteiger partial charge on any atom is -0.468 e. The van der Waals surface area contributed by atoms with E-state index in [1.165, 1.54) is 14.2 Å². The predicted molar refractivity (Wildman–Crippen MR) is 102 cm³/mol. The van der Waals surface area contributed by atoms with Gasteiger partial charge in [0.1, 0.15) is 0 Å². The molecule has 7 heteroatoms. The van der Waals surface area contributed by atoms with Gasteiger partial charge in [-0.15, -0.1) is 0 Å². The number of nitrogens with one attached hydrogen (secondary N) is 1. The molecule has 27 heavy (non-hydrogen) atoms. The first-order valence-corrected chi connectivity index (χ1v) is 9.04. The summed E-state index contributed by atoms with van der Waals surface area (Å²) in [5, 5.41) is 2.77. The summed E-state index contributed by atoms with van der Waals surface area (Å²) in [5.41, 5.74) is -0.431. The van der Waals surface area contributed by atoms with Crippen molar-refractivity contribution in [2.75, 3.05) is 19.5 Å². The van der Waals surface area contributed by atoms with Crippen LogP contribution in [-0.4, -0.2) is 32.1 Å². The summed E-state index contributed by atoms with van der Waals surface area (Å²) in [6, 6.07) is 16.0. The maximum atomic E-state index is 13.0. The fraction of sp³-hybridized carbons (Fsp3) is 0.250. The van der Waals surface area contributed by atoms with Crippen LogP contribution in [-0.2, 0) is 23.9 Å². The van der Waals surface area contributed by atoms with Gasteiger partial charge in [0, 0.05) is 16.1 Å². The summed E-state index contributed by atoms with van der Waals surface area (Å²) in [6.07, 6.45) is 0. The SMILES string of the molecule is COC(=O)C1(C(=O)OC)[C@H](C(=O)Nc2ccc(Br)cc2)[C@H]1c1ccccc1. The van der Waals surface area contributed by atoms with Crippen molar-refractivity contribution < 1.29 is 23.9 Å². The van der Waals surface area contributed by atoms with Gasteiger partial charge in [0.25, 0.3) is 0 Å². The summed E-state index contributed by atoms with van der Waals surface area (Å²) >= 11 is 3.33. The van der Waals surface area contributed by atoms with Crippen LogP contribution in [0.3, 0.4) is 0 Å². The molecule has 3 rings (SSSR count). The van der Waals surface area contributed by atoms with E-state index in [4.69, 9.17) is 9.47 Å². The van der Waals surface area contributed by atoms with Crippen LogP contribution in [0, 0.1) is 11.3 Å².